The number of hydrogen-bond acceptors (Lipinski definition) is 2. The van der Waals surface area contributed by atoms with Gasteiger partial charge in [0.1, 0.15) is 5.82 Å². The van der Waals surface area contributed by atoms with E-state index in [0.29, 0.717) is 12.0 Å². The summed E-state index contributed by atoms with van der Waals surface area (Å²) < 4.78 is 13.5. The van der Waals surface area contributed by atoms with E-state index >= 15 is 0 Å². The molecule has 1 N–H and O–H groups in total. The number of nitrogens with one attached hydrogen (secondary N) is 1. The Kier molecular flexibility index (Phi) is 4.50. The normalized spacial score (nSPS) is 23.2. The zero-order valence-corrected chi connectivity index (χ0v) is 13.3. The first kappa shape index (κ1) is 15.5. The van der Waals surface area contributed by atoms with Gasteiger partial charge in [-0.25, -0.2) is 4.39 Å². The molecule has 0 aromatic heterocycles. The van der Waals surface area contributed by atoms with Crippen molar-refractivity contribution in [2.75, 3.05) is 13.1 Å². The molecule has 1 saturated heterocycles. The van der Waals surface area contributed by atoms with E-state index in [0.717, 1.165) is 25.2 Å². The van der Waals surface area contributed by atoms with Crippen LogP contribution in [0.15, 0.2) is 18.2 Å². The Labute approximate surface area is 122 Å². The molecule has 2 rings (SSSR count). The van der Waals surface area contributed by atoms with Crippen LogP contribution in [-0.4, -0.2) is 29.6 Å². The molecule has 1 atom stereocenters. The van der Waals surface area contributed by atoms with Gasteiger partial charge in [-0.05, 0) is 49.9 Å². The molecule has 1 aromatic carbocycles. The van der Waals surface area contributed by atoms with E-state index in [2.05, 4.69) is 44.8 Å². The molecule has 1 aliphatic rings. The van der Waals surface area contributed by atoms with Crippen LogP contribution in [0.25, 0.3) is 0 Å². The summed E-state index contributed by atoms with van der Waals surface area (Å²) in [6, 6.07) is 5.61. The van der Waals surface area contributed by atoms with E-state index in [1.165, 1.54) is 5.56 Å². The summed E-state index contributed by atoms with van der Waals surface area (Å²) in [5.41, 5.74) is 2.39. The fraction of sp³-hybridized carbons (Fsp3) is 0.647. The highest BCUT2D eigenvalue weighted by Crippen LogP contribution is 2.23. The van der Waals surface area contributed by atoms with Crippen molar-refractivity contribution < 1.29 is 4.39 Å². The molecule has 1 heterocycles. The van der Waals surface area contributed by atoms with Crippen LogP contribution in [0.4, 0.5) is 4.39 Å². The molecule has 1 aliphatic heterocycles. The Morgan fingerprint density at radius 2 is 2.10 bits per heavy atom. The number of nitrogens with zero attached hydrogens (tertiary/aromatic N) is 1. The van der Waals surface area contributed by atoms with Crippen LogP contribution in [0.5, 0.6) is 0 Å². The maximum Gasteiger partial charge on any atom is 0.123 e. The minimum Gasteiger partial charge on any atom is -0.309 e. The molecule has 20 heavy (non-hydrogen) atoms. The lowest BCUT2D eigenvalue weighted by Gasteiger charge is -2.46. The predicted molar refractivity (Wildman–Crippen MR) is 82.3 cm³/mol. The minimum atomic E-state index is -0.138. The first-order valence-corrected chi connectivity index (χ1v) is 7.52. The van der Waals surface area contributed by atoms with Crippen molar-refractivity contribution in [3.63, 3.8) is 0 Å². The SMILES string of the molecule is Cc1ccc(F)cc1CN1CC(C)(C)NCC1C(C)C. The second-order valence-corrected chi connectivity index (χ2v) is 7.05. The van der Waals surface area contributed by atoms with Gasteiger partial charge in [-0.1, -0.05) is 19.9 Å². The maximum absolute atomic E-state index is 13.5. The van der Waals surface area contributed by atoms with Gasteiger partial charge in [0.05, 0.1) is 0 Å². The molecule has 0 spiro atoms. The monoisotopic (exact) mass is 278 g/mol. The van der Waals surface area contributed by atoms with Crippen molar-refractivity contribution in [2.24, 2.45) is 5.92 Å². The Bertz CT molecular complexity index is 468. The van der Waals surface area contributed by atoms with Crippen molar-refractivity contribution in [3.05, 3.63) is 35.1 Å². The van der Waals surface area contributed by atoms with Gasteiger partial charge in [0, 0.05) is 31.2 Å². The summed E-state index contributed by atoms with van der Waals surface area (Å²) in [6.45, 7) is 13.9. The van der Waals surface area contributed by atoms with Gasteiger partial charge in [0.15, 0.2) is 0 Å². The number of aryl methyl sites for hydroxylation is 1. The summed E-state index contributed by atoms with van der Waals surface area (Å²) in [7, 11) is 0. The van der Waals surface area contributed by atoms with Crippen LogP contribution in [0, 0.1) is 18.7 Å². The second-order valence-electron chi connectivity index (χ2n) is 7.05. The lowest BCUT2D eigenvalue weighted by Crippen LogP contribution is -2.62. The van der Waals surface area contributed by atoms with Crippen LogP contribution in [-0.2, 0) is 6.54 Å². The van der Waals surface area contributed by atoms with Crippen LogP contribution < -0.4 is 5.32 Å². The van der Waals surface area contributed by atoms with Crippen LogP contribution in [0.2, 0.25) is 0 Å². The molecule has 112 valence electrons. The fourth-order valence-corrected chi connectivity index (χ4v) is 3.05. The summed E-state index contributed by atoms with van der Waals surface area (Å²) in [6.07, 6.45) is 0. The lowest BCUT2D eigenvalue weighted by molar-refractivity contribution is 0.0625. The van der Waals surface area contributed by atoms with Gasteiger partial charge in [-0.3, -0.25) is 4.90 Å². The van der Waals surface area contributed by atoms with Crippen molar-refractivity contribution >= 4 is 0 Å². The zero-order chi connectivity index (χ0) is 14.9. The highest BCUT2D eigenvalue weighted by Gasteiger charge is 2.33. The van der Waals surface area contributed by atoms with E-state index in [1.54, 1.807) is 12.1 Å². The third kappa shape index (κ3) is 3.58. The Morgan fingerprint density at radius 1 is 1.40 bits per heavy atom. The van der Waals surface area contributed by atoms with Gasteiger partial charge in [-0.15, -0.1) is 0 Å². The topological polar surface area (TPSA) is 15.3 Å². The van der Waals surface area contributed by atoms with Crippen LogP contribution >= 0.6 is 0 Å². The van der Waals surface area contributed by atoms with Gasteiger partial charge < -0.3 is 5.32 Å². The molecule has 2 nitrogen and oxygen atoms in total. The Balaban J connectivity index is 2.20. The van der Waals surface area contributed by atoms with E-state index < -0.39 is 0 Å². The summed E-state index contributed by atoms with van der Waals surface area (Å²) >= 11 is 0. The molecule has 0 radical (unpaired) electrons. The van der Waals surface area contributed by atoms with Crippen LogP contribution in [0.1, 0.15) is 38.8 Å². The first-order valence-electron chi connectivity index (χ1n) is 7.52. The van der Waals surface area contributed by atoms with Crippen molar-refractivity contribution in [1.82, 2.24) is 10.2 Å². The fourth-order valence-electron chi connectivity index (χ4n) is 3.05. The second kappa shape index (κ2) is 5.82. The van der Waals surface area contributed by atoms with Gasteiger partial charge in [0.25, 0.3) is 0 Å². The Morgan fingerprint density at radius 3 is 2.75 bits per heavy atom. The third-order valence-corrected chi connectivity index (χ3v) is 4.31. The first-order chi connectivity index (χ1) is 9.28. The van der Waals surface area contributed by atoms with E-state index in [1.807, 2.05) is 6.07 Å². The molecule has 0 bridgehead atoms. The smallest absolute Gasteiger partial charge is 0.123 e. The molecule has 1 unspecified atom stereocenters. The summed E-state index contributed by atoms with van der Waals surface area (Å²) in [5.74, 6) is 0.452. The number of halogens is 1. The third-order valence-electron chi connectivity index (χ3n) is 4.31. The van der Waals surface area contributed by atoms with E-state index in [4.69, 9.17) is 0 Å². The zero-order valence-electron chi connectivity index (χ0n) is 13.3. The predicted octanol–water partition coefficient (Wildman–Crippen LogP) is 3.34. The molecule has 0 saturated carbocycles. The maximum atomic E-state index is 13.5. The van der Waals surface area contributed by atoms with Gasteiger partial charge >= 0.3 is 0 Å². The average Bonchev–Trinajstić information content (AvgIpc) is 2.32. The minimum absolute atomic E-state index is 0.118. The van der Waals surface area contributed by atoms with Gasteiger partial charge in [-0.2, -0.15) is 0 Å². The molecule has 0 amide bonds. The quantitative estimate of drug-likeness (QED) is 0.912. The van der Waals surface area contributed by atoms with E-state index in [9.17, 15) is 4.39 Å². The standard InChI is InChI=1S/C17H27FN2/c1-12(2)16-9-19-17(4,5)11-20(16)10-14-8-15(18)7-6-13(14)3/h6-8,12,16,19H,9-11H2,1-5H3. The molecular formula is C17H27FN2. The molecule has 0 aliphatic carbocycles. The lowest BCUT2D eigenvalue weighted by atomic mass is 9.92. The van der Waals surface area contributed by atoms with E-state index in [-0.39, 0.29) is 11.4 Å². The number of piperazine rings is 1. The van der Waals surface area contributed by atoms with Crippen molar-refractivity contribution in [3.8, 4) is 0 Å². The number of benzene rings is 1. The molecule has 1 aromatic rings. The van der Waals surface area contributed by atoms with Gasteiger partial charge in [0.2, 0.25) is 0 Å². The Hall–Kier alpha value is -0.930. The summed E-state index contributed by atoms with van der Waals surface area (Å²) in [5, 5.41) is 3.62. The van der Waals surface area contributed by atoms with Crippen molar-refractivity contribution in [1.29, 1.82) is 0 Å². The van der Waals surface area contributed by atoms with Crippen LogP contribution in [0.3, 0.4) is 0 Å². The largest absolute Gasteiger partial charge is 0.309 e. The molecular weight excluding hydrogens is 251 g/mol. The van der Waals surface area contributed by atoms with Crippen molar-refractivity contribution in [2.45, 2.75) is 52.7 Å². The molecule has 1 fully saturated rings. The summed E-state index contributed by atoms with van der Waals surface area (Å²) in [4.78, 5) is 2.50. The number of rotatable bonds is 3. The number of hydrogen-bond donors (Lipinski definition) is 1. The molecule has 3 heteroatoms. The highest BCUT2D eigenvalue weighted by atomic mass is 19.1. The highest BCUT2D eigenvalue weighted by molar-refractivity contribution is 5.26. The average molecular weight is 278 g/mol.